The lowest BCUT2D eigenvalue weighted by Gasteiger charge is -2.39. The molecule has 0 bridgehead atoms. The van der Waals surface area contributed by atoms with Gasteiger partial charge in [0.25, 0.3) is 0 Å². The number of carboxylic acid groups (broad SMARTS) is 1. The van der Waals surface area contributed by atoms with Crippen LogP contribution < -0.4 is 10.6 Å². The van der Waals surface area contributed by atoms with Crippen molar-refractivity contribution in [3.63, 3.8) is 0 Å². The largest absolute Gasteiger partial charge is 0.480 e. The van der Waals surface area contributed by atoms with Gasteiger partial charge < -0.3 is 10.4 Å². The van der Waals surface area contributed by atoms with E-state index in [4.69, 9.17) is 5.11 Å². The lowest BCUT2D eigenvalue weighted by molar-refractivity contribution is -0.139. The normalized spacial score (nSPS) is 16.0. The van der Waals surface area contributed by atoms with Crippen molar-refractivity contribution >= 4 is 36.0 Å². The first-order chi connectivity index (χ1) is 13.3. The minimum atomic E-state index is -0.849. The number of carbonyl (C=O) groups excluding carboxylic acids is 2. The summed E-state index contributed by atoms with van der Waals surface area (Å²) in [7, 11) is 0. The lowest BCUT2D eigenvalue weighted by atomic mass is 10.0. The molecule has 1 aliphatic heterocycles. The topological polar surface area (TPSA) is 102 Å². The van der Waals surface area contributed by atoms with Crippen LogP contribution in [-0.2, 0) is 9.59 Å². The first kappa shape index (κ1) is 24.8. The Bertz CT molecular complexity index is 713. The molecule has 1 aliphatic rings. The summed E-state index contributed by atoms with van der Waals surface area (Å²) >= 11 is 0. The van der Waals surface area contributed by atoms with Crippen molar-refractivity contribution in [2.24, 2.45) is 0 Å². The molecule has 8 nitrogen and oxygen atoms in total. The van der Waals surface area contributed by atoms with Crippen molar-refractivity contribution in [3.05, 3.63) is 30.1 Å². The summed E-state index contributed by atoms with van der Waals surface area (Å²) in [5, 5.41) is 13.6. The number of halogens is 2. The maximum Gasteiger partial charge on any atom is 0.326 e. The minimum absolute atomic E-state index is 0. The molecule has 0 aromatic heterocycles. The molecule has 1 heterocycles. The van der Waals surface area contributed by atoms with Crippen LogP contribution in [0.4, 0.5) is 14.9 Å². The monoisotopic (exact) mass is 430 g/mol. The van der Waals surface area contributed by atoms with E-state index in [1.54, 1.807) is 13.0 Å². The van der Waals surface area contributed by atoms with Gasteiger partial charge in [0.1, 0.15) is 5.82 Å². The Morgan fingerprint density at radius 3 is 2.45 bits per heavy atom. The van der Waals surface area contributed by atoms with Crippen LogP contribution in [-0.4, -0.2) is 71.1 Å². The van der Waals surface area contributed by atoms with Crippen LogP contribution in [0.25, 0.3) is 0 Å². The molecule has 3 N–H and O–H groups in total. The van der Waals surface area contributed by atoms with Crippen molar-refractivity contribution in [2.75, 3.05) is 31.5 Å². The zero-order chi connectivity index (χ0) is 20.7. The maximum absolute atomic E-state index is 13.6. The third-order valence-electron chi connectivity index (χ3n) is 5.05. The molecule has 10 heteroatoms. The van der Waals surface area contributed by atoms with Crippen LogP contribution in [0, 0.1) is 5.82 Å². The summed E-state index contributed by atoms with van der Waals surface area (Å²) in [5.74, 6) is -1.90. The Hall–Kier alpha value is -2.23. The summed E-state index contributed by atoms with van der Waals surface area (Å²) < 4.78 is 13.6. The fourth-order valence-corrected chi connectivity index (χ4v) is 3.41. The molecule has 0 spiro atoms. The van der Waals surface area contributed by atoms with Crippen molar-refractivity contribution in [1.29, 1.82) is 0 Å². The van der Waals surface area contributed by atoms with Crippen LogP contribution in [0.1, 0.15) is 26.7 Å². The van der Waals surface area contributed by atoms with E-state index < -0.39 is 29.8 Å². The molecule has 162 valence electrons. The number of likely N-dealkylation sites (tertiary alicyclic amines) is 1. The highest BCUT2D eigenvalue weighted by molar-refractivity contribution is 6.02. The Kier molecular flexibility index (Phi) is 10.0. The van der Waals surface area contributed by atoms with Gasteiger partial charge in [-0.25, -0.2) is 9.18 Å². The highest BCUT2D eigenvalue weighted by atomic mass is 35.5. The molecule has 1 fully saturated rings. The van der Waals surface area contributed by atoms with Crippen molar-refractivity contribution in [1.82, 2.24) is 15.1 Å². The number of urea groups is 1. The number of rotatable bonds is 7. The number of hydrogen-bond acceptors (Lipinski definition) is 5. The van der Waals surface area contributed by atoms with E-state index >= 15 is 0 Å². The highest BCUT2D eigenvalue weighted by Gasteiger charge is 2.30. The zero-order valence-electron chi connectivity index (χ0n) is 16.6. The molecular formula is C19H28ClFN4O4. The second-order valence-corrected chi connectivity index (χ2v) is 6.82. The van der Waals surface area contributed by atoms with Crippen LogP contribution in [0.2, 0.25) is 0 Å². The third-order valence-corrected chi connectivity index (χ3v) is 5.05. The van der Waals surface area contributed by atoms with Gasteiger partial charge in [-0.05, 0) is 38.4 Å². The van der Waals surface area contributed by atoms with Gasteiger partial charge in [0.15, 0.2) is 0 Å². The van der Waals surface area contributed by atoms with Crippen LogP contribution in [0.5, 0.6) is 0 Å². The zero-order valence-corrected chi connectivity index (χ0v) is 17.4. The van der Waals surface area contributed by atoms with E-state index in [9.17, 15) is 18.8 Å². The Morgan fingerprint density at radius 2 is 1.90 bits per heavy atom. The Morgan fingerprint density at radius 1 is 1.28 bits per heavy atom. The Balaban J connectivity index is 0.00000420. The summed E-state index contributed by atoms with van der Waals surface area (Å²) in [6, 6.07) is 4.57. The summed E-state index contributed by atoms with van der Waals surface area (Å²) in [6.07, 6.45) is 1.50. The predicted octanol–water partition coefficient (Wildman–Crippen LogP) is 2.15. The number of piperidine rings is 1. The average Bonchev–Trinajstić information content (AvgIpc) is 2.67. The van der Waals surface area contributed by atoms with Crippen molar-refractivity contribution in [2.45, 2.75) is 38.8 Å². The van der Waals surface area contributed by atoms with Gasteiger partial charge in [0.2, 0.25) is 5.91 Å². The predicted molar refractivity (Wildman–Crippen MR) is 110 cm³/mol. The second kappa shape index (κ2) is 11.7. The molecule has 1 aromatic rings. The average molecular weight is 431 g/mol. The number of nitrogens with one attached hydrogen (secondary N) is 2. The number of para-hydroxylation sites is 1. The summed E-state index contributed by atoms with van der Waals surface area (Å²) in [4.78, 5) is 39.1. The Labute approximate surface area is 175 Å². The number of anilines is 1. The molecule has 1 aromatic carbocycles. The summed E-state index contributed by atoms with van der Waals surface area (Å²) in [5.41, 5.74) is -0.000597. The second-order valence-electron chi connectivity index (χ2n) is 6.82. The van der Waals surface area contributed by atoms with Gasteiger partial charge in [-0.2, -0.15) is 0 Å². The van der Waals surface area contributed by atoms with Gasteiger partial charge in [0, 0.05) is 19.1 Å². The number of aliphatic carboxylic acids is 1. The van der Waals surface area contributed by atoms with E-state index in [0.29, 0.717) is 19.6 Å². The van der Waals surface area contributed by atoms with Crippen molar-refractivity contribution < 1.29 is 23.9 Å². The molecule has 1 unspecified atom stereocenters. The van der Waals surface area contributed by atoms with Gasteiger partial charge >= 0.3 is 12.0 Å². The number of carboxylic acids is 1. The van der Waals surface area contributed by atoms with Gasteiger partial charge in [-0.1, -0.05) is 19.1 Å². The molecule has 1 atom stereocenters. The number of carbonyl (C=O) groups is 3. The number of nitrogens with zero attached hydrogens (tertiary/aromatic N) is 2. The molecule has 2 rings (SSSR count). The van der Waals surface area contributed by atoms with Gasteiger partial charge in [0.05, 0.1) is 18.3 Å². The van der Waals surface area contributed by atoms with E-state index in [2.05, 4.69) is 10.6 Å². The first-order valence-electron chi connectivity index (χ1n) is 9.38. The van der Waals surface area contributed by atoms with Crippen LogP contribution in [0.3, 0.4) is 0 Å². The molecule has 29 heavy (non-hydrogen) atoms. The number of amides is 3. The molecular weight excluding hydrogens is 403 g/mol. The van der Waals surface area contributed by atoms with Crippen LogP contribution >= 0.6 is 12.4 Å². The third kappa shape index (κ3) is 7.26. The van der Waals surface area contributed by atoms with Crippen molar-refractivity contribution in [3.8, 4) is 0 Å². The van der Waals surface area contributed by atoms with Gasteiger partial charge in [-0.3, -0.25) is 24.7 Å². The minimum Gasteiger partial charge on any atom is -0.480 e. The SMILES string of the molecule is CCN(CC(=O)O)C1CCN(C(C)C(=O)NC(=O)Nc2ccccc2F)CC1.Cl. The van der Waals surface area contributed by atoms with Gasteiger partial charge in [-0.15, -0.1) is 12.4 Å². The lowest BCUT2D eigenvalue weighted by Crippen LogP contribution is -2.53. The van der Waals surface area contributed by atoms with E-state index in [1.807, 2.05) is 16.7 Å². The fraction of sp³-hybridized carbons (Fsp3) is 0.526. The quantitative estimate of drug-likeness (QED) is 0.612. The molecule has 1 saturated heterocycles. The molecule has 3 amide bonds. The smallest absolute Gasteiger partial charge is 0.326 e. The number of benzene rings is 1. The molecule has 0 aliphatic carbocycles. The number of likely N-dealkylation sites (N-methyl/N-ethyl adjacent to an activating group) is 1. The number of hydrogen-bond donors (Lipinski definition) is 3. The highest BCUT2D eigenvalue weighted by Crippen LogP contribution is 2.18. The summed E-state index contributed by atoms with van der Waals surface area (Å²) in [6.45, 7) is 5.56. The maximum atomic E-state index is 13.6. The standard InChI is InChI=1S/C19H27FN4O4.ClH/c1-3-23(12-17(25)26)14-8-10-24(11-9-14)13(2)18(27)22-19(28)21-16-7-5-4-6-15(16)20;/h4-7,13-14H,3,8-12H2,1-2H3,(H,25,26)(H2,21,22,27,28);1H. The first-order valence-corrected chi connectivity index (χ1v) is 9.38. The van der Waals surface area contributed by atoms with Crippen LogP contribution in [0.15, 0.2) is 24.3 Å². The van der Waals surface area contributed by atoms with E-state index in [1.165, 1.54) is 18.2 Å². The molecule has 0 saturated carbocycles. The fourth-order valence-electron chi connectivity index (χ4n) is 3.41. The molecule has 0 radical (unpaired) electrons. The number of imide groups is 1. The van der Waals surface area contributed by atoms with E-state index in [0.717, 1.165) is 12.8 Å². The van der Waals surface area contributed by atoms with E-state index in [-0.39, 0.29) is 30.7 Å².